The van der Waals surface area contributed by atoms with Crippen LogP contribution in [0.25, 0.3) is 5.52 Å². The van der Waals surface area contributed by atoms with E-state index in [4.69, 9.17) is 25.2 Å². The number of amidine groups is 1. The third kappa shape index (κ3) is 5.17. The number of nitrogens with two attached hydrogens (primary N) is 1. The van der Waals surface area contributed by atoms with Crippen LogP contribution in [0.2, 0.25) is 5.02 Å². The summed E-state index contributed by atoms with van der Waals surface area (Å²) in [6, 6.07) is 5.88. The van der Waals surface area contributed by atoms with E-state index in [2.05, 4.69) is 20.3 Å². The fraction of sp³-hybridized carbons (Fsp3) is 0.417. The molecule has 1 aromatic carbocycles. The molecule has 33 heavy (non-hydrogen) atoms. The van der Waals surface area contributed by atoms with Crippen molar-refractivity contribution in [1.82, 2.24) is 14.5 Å². The normalized spacial score (nSPS) is 18.2. The summed E-state index contributed by atoms with van der Waals surface area (Å²) in [7, 11) is 6.03. The van der Waals surface area contributed by atoms with Crippen molar-refractivity contribution >= 4 is 47.6 Å². The summed E-state index contributed by atoms with van der Waals surface area (Å²) in [4.78, 5) is 7.00. The van der Waals surface area contributed by atoms with E-state index in [9.17, 15) is 4.39 Å². The lowest BCUT2D eigenvalue weighted by atomic mass is 9.96. The lowest BCUT2D eigenvalue weighted by Crippen LogP contribution is -2.37. The van der Waals surface area contributed by atoms with E-state index in [1.165, 1.54) is 50.4 Å². The highest BCUT2D eigenvalue weighted by Gasteiger charge is 2.27. The summed E-state index contributed by atoms with van der Waals surface area (Å²) in [6.45, 7) is 4.39. The molecule has 9 heteroatoms. The molecule has 0 amide bonds. The van der Waals surface area contributed by atoms with Gasteiger partial charge in [0.1, 0.15) is 19.5 Å². The van der Waals surface area contributed by atoms with Gasteiger partial charge in [0.15, 0.2) is 0 Å². The molecule has 2 radical (unpaired) electrons. The Morgan fingerprint density at radius 1 is 1.21 bits per heavy atom. The van der Waals surface area contributed by atoms with Gasteiger partial charge in [-0.15, -0.1) is 0 Å². The fourth-order valence-corrected chi connectivity index (χ4v) is 4.66. The lowest BCUT2D eigenvalue weighted by Gasteiger charge is -2.32. The summed E-state index contributed by atoms with van der Waals surface area (Å²) in [5.74, 6) is 1.29. The van der Waals surface area contributed by atoms with Crippen molar-refractivity contribution in [2.75, 3.05) is 31.5 Å². The van der Waals surface area contributed by atoms with Gasteiger partial charge in [0.2, 0.25) is 0 Å². The largest absolute Gasteiger partial charge is 0.383 e. The van der Waals surface area contributed by atoms with Crippen LogP contribution >= 0.6 is 11.6 Å². The molecule has 1 saturated heterocycles. The Morgan fingerprint density at radius 2 is 2.00 bits per heavy atom. The van der Waals surface area contributed by atoms with Gasteiger partial charge in [-0.25, -0.2) is 13.9 Å². The van der Waals surface area contributed by atoms with Crippen molar-refractivity contribution in [2.45, 2.75) is 25.7 Å². The number of rotatable bonds is 7. The van der Waals surface area contributed by atoms with Gasteiger partial charge in [0.05, 0.1) is 33.7 Å². The first kappa shape index (κ1) is 22.2. The van der Waals surface area contributed by atoms with Crippen molar-refractivity contribution in [3.63, 3.8) is 0 Å². The Morgan fingerprint density at radius 3 is 2.76 bits per heavy atom. The topological polar surface area (TPSA) is 70.9 Å². The van der Waals surface area contributed by atoms with Crippen LogP contribution in [0.1, 0.15) is 31.2 Å². The molecule has 3 N–H and O–H groups in total. The molecule has 2 aliphatic rings. The van der Waals surface area contributed by atoms with Gasteiger partial charge in [0.25, 0.3) is 0 Å². The number of fused-ring (bicyclic) bond motifs is 1. The van der Waals surface area contributed by atoms with Crippen LogP contribution in [0.3, 0.4) is 0 Å². The SMILES string of the molecule is [B]c1cc2c(NCC3CCN(CC4CC4)CC3)c(C(N)=Nc3cc(F)ccc3Cl)cnn2c1. The minimum atomic E-state index is -0.426. The van der Waals surface area contributed by atoms with Crippen molar-refractivity contribution in [3.8, 4) is 0 Å². The smallest absolute Gasteiger partial charge is 0.135 e. The van der Waals surface area contributed by atoms with E-state index in [1.807, 2.05) is 6.07 Å². The summed E-state index contributed by atoms with van der Waals surface area (Å²) in [5, 5.41) is 8.35. The van der Waals surface area contributed by atoms with Crippen LogP contribution < -0.4 is 16.5 Å². The zero-order valence-electron chi connectivity index (χ0n) is 18.5. The molecule has 5 rings (SSSR count). The second-order valence-electron chi connectivity index (χ2n) is 9.20. The van der Waals surface area contributed by atoms with Crippen molar-refractivity contribution in [1.29, 1.82) is 0 Å². The number of likely N-dealkylation sites (tertiary alicyclic amines) is 1. The van der Waals surface area contributed by atoms with E-state index >= 15 is 0 Å². The maximum absolute atomic E-state index is 13.7. The number of halogens is 2. The van der Waals surface area contributed by atoms with Crippen molar-refractivity contribution in [2.24, 2.45) is 22.6 Å². The summed E-state index contributed by atoms with van der Waals surface area (Å²) < 4.78 is 15.4. The van der Waals surface area contributed by atoms with E-state index in [0.717, 1.165) is 36.8 Å². The van der Waals surface area contributed by atoms with Crippen LogP contribution in [-0.2, 0) is 0 Å². The van der Waals surface area contributed by atoms with Gasteiger partial charge in [0, 0.05) is 25.4 Å². The number of benzene rings is 1. The van der Waals surface area contributed by atoms with E-state index in [0.29, 0.717) is 22.0 Å². The molecule has 0 atom stereocenters. The average Bonchev–Trinajstić information content (AvgIpc) is 3.53. The molecule has 0 unspecified atom stereocenters. The Hall–Kier alpha value is -2.58. The zero-order chi connectivity index (χ0) is 22.9. The van der Waals surface area contributed by atoms with Gasteiger partial charge in [-0.05, 0) is 68.8 Å². The maximum Gasteiger partial charge on any atom is 0.135 e. The molecule has 0 spiro atoms. The van der Waals surface area contributed by atoms with Crippen molar-refractivity contribution < 1.29 is 4.39 Å². The maximum atomic E-state index is 13.7. The molecule has 1 aliphatic heterocycles. The third-order valence-electron chi connectivity index (χ3n) is 6.57. The highest BCUT2D eigenvalue weighted by Crippen LogP contribution is 2.32. The minimum absolute atomic E-state index is 0.207. The molecule has 2 aromatic heterocycles. The molecular formula is C24H27BClFN6. The zero-order valence-corrected chi connectivity index (χ0v) is 19.2. The van der Waals surface area contributed by atoms with Crippen LogP contribution in [0.4, 0.5) is 15.8 Å². The van der Waals surface area contributed by atoms with Crippen molar-refractivity contribution in [3.05, 3.63) is 53.1 Å². The van der Waals surface area contributed by atoms with E-state index in [1.54, 1.807) is 16.9 Å². The highest BCUT2D eigenvalue weighted by atomic mass is 35.5. The minimum Gasteiger partial charge on any atom is -0.383 e. The predicted molar refractivity (Wildman–Crippen MR) is 133 cm³/mol. The van der Waals surface area contributed by atoms with Gasteiger partial charge >= 0.3 is 0 Å². The summed E-state index contributed by atoms with van der Waals surface area (Å²) in [6.07, 6.45) is 8.54. The van der Waals surface area contributed by atoms with Crippen LogP contribution in [0.5, 0.6) is 0 Å². The number of nitrogens with zero attached hydrogens (tertiary/aromatic N) is 4. The average molecular weight is 465 g/mol. The van der Waals surface area contributed by atoms with E-state index < -0.39 is 5.82 Å². The first-order valence-electron chi connectivity index (χ1n) is 11.5. The number of piperidine rings is 1. The van der Waals surface area contributed by atoms with Crippen LogP contribution in [0, 0.1) is 17.7 Å². The summed E-state index contributed by atoms with van der Waals surface area (Å²) >= 11 is 6.19. The predicted octanol–water partition coefficient (Wildman–Crippen LogP) is 3.49. The fourth-order valence-electron chi connectivity index (χ4n) is 4.50. The Bertz CT molecular complexity index is 1180. The number of anilines is 1. The standard InChI is InChI=1S/C24H27BClFN6/c25-17-9-22-23(29-11-15-5-7-32(8-6-15)13-16-1-2-16)19(12-30-33(22)14-17)24(28)31-21-10-18(27)3-4-20(21)26/h3-4,9-10,12,14-16,29H,1-2,5-8,11,13H2,(H2,28,31). The first-order chi connectivity index (χ1) is 16.0. The molecule has 0 bridgehead atoms. The molecule has 170 valence electrons. The van der Waals surface area contributed by atoms with Gasteiger partial charge in [-0.3, -0.25) is 0 Å². The van der Waals surface area contributed by atoms with Gasteiger partial charge in [-0.2, -0.15) is 5.10 Å². The molecule has 2 fully saturated rings. The van der Waals surface area contributed by atoms with Crippen LogP contribution in [-0.4, -0.2) is 54.4 Å². The van der Waals surface area contributed by atoms with Crippen LogP contribution in [0.15, 0.2) is 41.7 Å². The number of hydrogen-bond acceptors (Lipinski definition) is 4. The molecule has 6 nitrogen and oxygen atoms in total. The Kier molecular flexibility index (Phi) is 6.30. The molecule has 1 saturated carbocycles. The van der Waals surface area contributed by atoms with E-state index in [-0.39, 0.29) is 11.5 Å². The van der Waals surface area contributed by atoms with Gasteiger partial charge < -0.3 is 16.0 Å². The quantitative estimate of drug-likeness (QED) is 0.319. The Balaban J connectivity index is 1.38. The first-order valence-corrected chi connectivity index (χ1v) is 11.9. The van der Waals surface area contributed by atoms with Gasteiger partial charge in [-0.1, -0.05) is 17.1 Å². The summed E-state index contributed by atoms with van der Waals surface area (Å²) in [5.41, 5.74) is 9.52. The second kappa shape index (κ2) is 9.35. The molecular weight excluding hydrogens is 438 g/mol. The number of hydrogen-bond donors (Lipinski definition) is 2. The molecule has 1 aliphatic carbocycles. The second-order valence-corrected chi connectivity index (χ2v) is 9.60. The lowest BCUT2D eigenvalue weighted by molar-refractivity contribution is 0.183. The molecule has 3 heterocycles. The third-order valence-corrected chi connectivity index (χ3v) is 6.89. The number of aliphatic imine (C=N–C) groups is 1. The highest BCUT2D eigenvalue weighted by molar-refractivity contribution is 6.33. The number of aromatic nitrogens is 2. The molecule has 3 aromatic rings. The number of nitrogens with one attached hydrogen (secondary N) is 1. The monoisotopic (exact) mass is 464 g/mol. The Labute approximate surface area is 199 Å².